The number of carbonyl (C=O) groups excluding carboxylic acids is 1. The lowest BCUT2D eigenvalue weighted by Gasteiger charge is -2.26. The van der Waals surface area contributed by atoms with Gasteiger partial charge in [-0.2, -0.15) is 12.7 Å². The molecule has 0 bridgehead atoms. The van der Waals surface area contributed by atoms with Crippen molar-refractivity contribution in [2.45, 2.75) is 6.92 Å². The standard InChI is InChI=1S/C19H23ClFN3O4S/c1-14-4-9-17(12-18(14)20)28-11-10-22-19(25)13-24(29(26,27)23(2)3)16-7-5-15(21)6-8-16/h4-9,12H,10-11,13H2,1-3H3,(H,22,25). The highest BCUT2D eigenvalue weighted by Crippen LogP contribution is 2.22. The molecule has 10 heteroatoms. The van der Waals surface area contributed by atoms with E-state index in [2.05, 4.69) is 5.32 Å². The van der Waals surface area contributed by atoms with Crippen LogP contribution in [-0.2, 0) is 15.0 Å². The number of hydrogen-bond acceptors (Lipinski definition) is 4. The van der Waals surface area contributed by atoms with E-state index in [4.69, 9.17) is 16.3 Å². The van der Waals surface area contributed by atoms with Gasteiger partial charge in [0.2, 0.25) is 5.91 Å². The summed E-state index contributed by atoms with van der Waals surface area (Å²) < 4.78 is 45.7. The summed E-state index contributed by atoms with van der Waals surface area (Å²) in [5, 5.41) is 3.18. The number of rotatable bonds is 9. The van der Waals surface area contributed by atoms with Crippen LogP contribution in [-0.4, -0.2) is 52.4 Å². The highest BCUT2D eigenvalue weighted by Gasteiger charge is 2.27. The van der Waals surface area contributed by atoms with Gasteiger partial charge in [0.25, 0.3) is 0 Å². The van der Waals surface area contributed by atoms with E-state index in [9.17, 15) is 17.6 Å². The first kappa shape index (κ1) is 22.9. The topological polar surface area (TPSA) is 79.0 Å². The van der Waals surface area contributed by atoms with Gasteiger partial charge in [0.15, 0.2) is 0 Å². The minimum Gasteiger partial charge on any atom is -0.492 e. The molecule has 0 aliphatic rings. The Morgan fingerprint density at radius 2 is 1.83 bits per heavy atom. The number of benzene rings is 2. The Bertz CT molecular complexity index is 952. The summed E-state index contributed by atoms with van der Waals surface area (Å²) >= 11 is 6.03. The lowest BCUT2D eigenvalue weighted by atomic mass is 10.2. The zero-order chi connectivity index (χ0) is 21.6. The van der Waals surface area contributed by atoms with Gasteiger partial charge in [-0.1, -0.05) is 17.7 Å². The number of aryl methyl sites for hydroxylation is 1. The molecule has 0 aliphatic heterocycles. The number of hydrogen-bond donors (Lipinski definition) is 1. The summed E-state index contributed by atoms with van der Waals surface area (Å²) in [6, 6.07) is 10.1. The van der Waals surface area contributed by atoms with Crippen molar-refractivity contribution >= 4 is 33.4 Å². The van der Waals surface area contributed by atoms with Gasteiger partial charge in [0.1, 0.15) is 24.7 Å². The molecule has 2 aromatic rings. The van der Waals surface area contributed by atoms with Gasteiger partial charge in [-0.25, -0.2) is 8.70 Å². The zero-order valence-electron chi connectivity index (χ0n) is 16.4. The van der Waals surface area contributed by atoms with E-state index in [1.807, 2.05) is 13.0 Å². The van der Waals surface area contributed by atoms with Crippen LogP contribution in [0.2, 0.25) is 5.02 Å². The van der Waals surface area contributed by atoms with Crippen LogP contribution >= 0.6 is 11.6 Å². The SMILES string of the molecule is Cc1ccc(OCCNC(=O)CN(c2ccc(F)cc2)S(=O)(=O)N(C)C)cc1Cl. The molecule has 1 amide bonds. The van der Waals surface area contributed by atoms with Gasteiger partial charge in [0.05, 0.1) is 12.2 Å². The average molecular weight is 444 g/mol. The largest absolute Gasteiger partial charge is 0.492 e. The molecule has 0 heterocycles. The molecule has 7 nitrogen and oxygen atoms in total. The molecule has 1 N–H and O–H groups in total. The summed E-state index contributed by atoms with van der Waals surface area (Å²) in [5.74, 6) is -0.461. The number of nitrogens with zero attached hydrogens (tertiary/aromatic N) is 2. The molecule has 0 saturated carbocycles. The van der Waals surface area contributed by atoms with Crippen molar-refractivity contribution in [1.29, 1.82) is 0 Å². The third kappa shape index (κ3) is 6.31. The van der Waals surface area contributed by atoms with Crippen molar-refractivity contribution in [2.75, 3.05) is 38.1 Å². The molecule has 29 heavy (non-hydrogen) atoms. The van der Waals surface area contributed by atoms with Crippen molar-refractivity contribution < 1.29 is 22.3 Å². The molecule has 0 atom stereocenters. The van der Waals surface area contributed by atoms with Gasteiger partial charge < -0.3 is 10.1 Å². The lowest BCUT2D eigenvalue weighted by molar-refractivity contribution is -0.119. The molecule has 0 saturated heterocycles. The maximum Gasteiger partial charge on any atom is 0.304 e. The predicted octanol–water partition coefficient (Wildman–Crippen LogP) is 2.60. The Kier molecular flexibility index (Phi) is 7.83. The van der Waals surface area contributed by atoms with Crippen LogP contribution in [0.1, 0.15) is 5.56 Å². The third-order valence-electron chi connectivity index (χ3n) is 3.98. The number of ether oxygens (including phenoxy) is 1. The first-order valence-corrected chi connectivity index (χ1v) is 10.5. The van der Waals surface area contributed by atoms with E-state index in [1.54, 1.807) is 12.1 Å². The molecule has 0 spiro atoms. The quantitative estimate of drug-likeness (QED) is 0.604. The monoisotopic (exact) mass is 443 g/mol. The first-order valence-electron chi connectivity index (χ1n) is 8.72. The minimum atomic E-state index is -3.94. The van der Waals surface area contributed by atoms with Crippen molar-refractivity contribution in [3.05, 3.63) is 58.9 Å². The Morgan fingerprint density at radius 3 is 2.41 bits per heavy atom. The molecule has 2 rings (SSSR count). The van der Waals surface area contributed by atoms with Crippen LogP contribution in [0.5, 0.6) is 5.75 Å². The van der Waals surface area contributed by atoms with E-state index in [0.29, 0.717) is 10.8 Å². The average Bonchev–Trinajstić information content (AvgIpc) is 2.66. The van der Waals surface area contributed by atoms with Crippen molar-refractivity contribution in [1.82, 2.24) is 9.62 Å². The normalized spacial score (nSPS) is 11.4. The second-order valence-electron chi connectivity index (χ2n) is 6.38. The highest BCUT2D eigenvalue weighted by molar-refractivity contribution is 7.90. The first-order chi connectivity index (χ1) is 13.6. The summed E-state index contributed by atoms with van der Waals surface area (Å²) in [4.78, 5) is 12.3. The Hall–Kier alpha value is -2.36. The van der Waals surface area contributed by atoms with E-state index in [0.717, 1.165) is 26.3 Å². The van der Waals surface area contributed by atoms with Crippen LogP contribution < -0.4 is 14.4 Å². The number of amides is 1. The fraction of sp³-hybridized carbons (Fsp3) is 0.316. The molecule has 158 valence electrons. The van der Waals surface area contributed by atoms with Gasteiger partial charge >= 0.3 is 10.2 Å². The maximum atomic E-state index is 13.2. The number of anilines is 1. The van der Waals surface area contributed by atoms with Crippen LogP contribution in [0.25, 0.3) is 0 Å². The number of halogens is 2. The summed E-state index contributed by atoms with van der Waals surface area (Å²) in [6.07, 6.45) is 0. The smallest absolute Gasteiger partial charge is 0.304 e. The van der Waals surface area contributed by atoms with E-state index in [-0.39, 0.29) is 18.8 Å². The highest BCUT2D eigenvalue weighted by atomic mass is 35.5. The molecular weight excluding hydrogens is 421 g/mol. The van der Waals surface area contributed by atoms with Gasteiger partial charge in [-0.3, -0.25) is 4.79 Å². The van der Waals surface area contributed by atoms with Gasteiger partial charge in [0, 0.05) is 19.1 Å². The second kappa shape index (κ2) is 9.91. The van der Waals surface area contributed by atoms with Crippen LogP contribution in [0, 0.1) is 12.7 Å². The molecule has 0 fully saturated rings. The molecular formula is C19H23ClFN3O4S. The Morgan fingerprint density at radius 1 is 1.17 bits per heavy atom. The Balaban J connectivity index is 1.97. The molecule has 0 aromatic heterocycles. The third-order valence-corrected chi connectivity index (χ3v) is 6.21. The van der Waals surface area contributed by atoms with Crippen molar-refractivity contribution in [2.24, 2.45) is 0 Å². The predicted molar refractivity (Wildman–Crippen MR) is 111 cm³/mol. The summed E-state index contributed by atoms with van der Waals surface area (Å²) in [5.41, 5.74) is 1.11. The minimum absolute atomic E-state index is 0.170. The molecule has 2 aromatic carbocycles. The van der Waals surface area contributed by atoms with Crippen molar-refractivity contribution in [3.63, 3.8) is 0 Å². The van der Waals surface area contributed by atoms with Crippen LogP contribution in [0.15, 0.2) is 42.5 Å². The zero-order valence-corrected chi connectivity index (χ0v) is 17.9. The van der Waals surface area contributed by atoms with E-state index < -0.39 is 28.5 Å². The summed E-state index contributed by atoms with van der Waals surface area (Å²) in [6.45, 7) is 1.77. The van der Waals surface area contributed by atoms with Crippen LogP contribution in [0.3, 0.4) is 0 Å². The fourth-order valence-electron chi connectivity index (χ4n) is 2.32. The molecule has 0 aliphatic carbocycles. The van der Waals surface area contributed by atoms with Gasteiger partial charge in [-0.05, 0) is 48.9 Å². The number of nitrogens with one attached hydrogen (secondary N) is 1. The van der Waals surface area contributed by atoms with E-state index >= 15 is 0 Å². The van der Waals surface area contributed by atoms with E-state index in [1.165, 1.54) is 26.2 Å². The van der Waals surface area contributed by atoms with Crippen molar-refractivity contribution in [3.8, 4) is 5.75 Å². The van der Waals surface area contributed by atoms with Crippen LogP contribution in [0.4, 0.5) is 10.1 Å². The lowest BCUT2D eigenvalue weighted by Crippen LogP contribution is -2.46. The molecule has 0 unspecified atom stereocenters. The molecule has 0 radical (unpaired) electrons. The maximum absolute atomic E-state index is 13.2. The fourth-order valence-corrected chi connectivity index (χ4v) is 3.55. The summed E-state index contributed by atoms with van der Waals surface area (Å²) in [7, 11) is -1.24. The van der Waals surface area contributed by atoms with Gasteiger partial charge in [-0.15, -0.1) is 0 Å². The number of carbonyl (C=O) groups is 1. The second-order valence-corrected chi connectivity index (χ2v) is 8.86. The Labute approximate surface area is 175 Å².